The van der Waals surface area contributed by atoms with Crippen LogP contribution in [0.2, 0.25) is 0 Å². The molecule has 0 radical (unpaired) electrons. The van der Waals surface area contributed by atoms with Gasteiger partial charge in [0.05, 0.1) is 11.5 Å². The summed E-state index contributed by atoms with van der Waals surface area (Å²) in [6.45, 7) is 2.36. The number of aliphatic hydroxyl groups is 1. The van der Waals surface area contributed by atoms with Crippen molar-refractivity contribution in [3.8, 4) is 0 Å². The molecule has 31 heavy (non-hydrogen) atoms. The lowest BCUT2D eigenvalue weighted by Crippen LogP contribution is -2.11. The van der Waals surface area contributed by atoms with Crippen LogP contribution in [0.1, 0.15) is 122 Å². The van der Waals surface area contributed by atoms with Crippen LogP contribution in [0, 0.1) is 0 Å². The normalized spacial score (nSPS) is 11.9. The summed E-state index contributed by atoms with van der Waals surface area (Å²) in [6, 6.07) is 0. The van der Waals surface area contributed by atoms with Crippen molar-refractivity contribution in [1.29, 1.82) is 0 Å². The molecule has 7 nitrogen and oxygen atoms in total. The Morgan fingerprint density at radius 3 is 1.10 bits per heavy atom. The summed E-state index contributed by atoms with van der Waals surface area (Å²) in [4.78, 5) is 21.6. The van der Waals surface area contributed by atoms with E-state index >= 15 is 0 Å². The van der Waals surface area contributed by atoms with Crippen LogP contribution in [0.25, 0.3) is 0 Å². The zero-order valence-corrected chi connectivity index (χ0v) is 21.4. The highest BCUT2D eigenvalue weighted by Crippen LogP contribution is 2.25. The Kier molecular flexibility index (Phi) is 24.8. The molecule has 0 atom stereocenters. The molecule has 0 aliphatic heterocycles. The molecule has 0 unspecified atom stereocenters. The van der Waals surface area contributed by atoms with Crippen LogP contribution in [0.4, 0.5) is 0 Å². The molecular weight excluding hydrogens is 439 g/mol. The SMILES string of the molecule is CCCCCCCCCCCCCCCCCCS(=O)(=O)CCCCO.O=P(O)(O)O. The van der Waals surface area contributed by atoms with Crippen LogP contribution >= 0.6 is 7.82 Å². The van der Waals surface area contributed by atoms with E-state index in [2.05, 4.69) is 6.92 Å². The molecule has 0 amide bonds. The number of hydrogen-bond donors (Lipinski definition) is 4. The van der Waals surface area contributed by atoms with Crippen LogP contribution in [-0.2, 0) is 14.4 Å². The van der Waals surface area contributed by atoms with E-state index in [1.54, 1.807) is 0 Å². The van der Waals surface area contributed by atoms with Crippen molar-refractivity contribution in [3.63, 3.8) is 0 Å². The second-order valence-corrected chi connectivity index (χ2v) is 11.7. The van der Waals surface area contributed by atoms with Crippen LogP contribution in [0.5, 0.6) is 0 Å². The maximum absolute atomic E-state index is 11.8. The highest BCUT2D eigenvalue weighted by molar-refractivity contribution is 7.91. The molecule has 190 valence electrons. The van der Waals surface area contributed by atoms with E-state index in [1.807, 2.05) is 0 Å². The van der Waals surface area contributed by atoms with Gasteiger partial charge in [-0.25, -0.2) is 13.0 Å². The predicted molar refractivity (Wildman–Crippen MR) is 129 cm³/mol. The smallest absolute Gasteiger partial charge is 0.396 e. The highest BCUT2D eigenvalue weighted by atomic mass is 32.2. The summed E-state index contributed by atoms with van der Waals surface area (Å²) in [7, 11) is -7.52. The van der Waals surface area contributed by atoms with Gasteiger partial charge in [-0.05, 0) is 19.3 Å². The van der Waals surface area contributed by atoms with Crippen molar-refractivity contribution in [1.82, 2.24) is 0 Å². The summed E-state index contributed by atoms with van der Waals surface area (Å²) < 4.78 is 32.4. The zero-order chi connectivity index (χ0) is 23.8. The van der Waals surface area contributed by atoms with Gasteiger partial charge < -0.3 is 19.8 Å². The monoisotopic (exact) mass is 488 g/mol. The molecule has 0 fully saturated rings. The summed E-state index contributed by atoms with van der Waals surface area (Å²) >= 11 is 0. The molecule has 0 aromatic heterocycles. The fourth-order valence-corrected chi connectivity index (χ4v) is 4.90. The van der Waals surface area contributed by atoms with Gasteiger partial charge in [0.2, 0.25) is 0 Å². The fraction of sp³-hybridized carbons (Fsp3) is 1.00. The van der Waals surface area contributed by atoms with Gasteiger partial charge in [0.15, 0.2) is 0 Å². The molecule has 0 aromatic rings. The number of hydrogen-bond acceptors (Lipinski definition) is 4. The number of aliphatic hydroxyl groups excluding tert-OH is 1. The topological polar surface area (TPSA) is 132 Å². The van der Waals surface area contributed by atoms with Gasteiger partial charge in [-0.15, -0.1) is 0 Å². The lowest BCUT2D eigenvalue weighted by atomic mass is 10.0. The Balaban J connectivity index is 0. The summed E-state index contributed by atoms with van der Waals surface area (Å²) in [6.07, 6.45) is 22.1. The Morgan fingerprint density at radius 2 is 0.806 bits per heavy atom. The Hall–Kier alpha value is 0.0200. The first kappa shape index (κ1) is 33.2. The van der Waals surface area contributed by atoms with Crippen molar-refractivity contribution in [2.24, 2.45) is 0 Å². The van der Waals surface area contributed by atoms with Crippen molar-refractivity contribution >= 4 is 17.7 Å². The zero-order valence-electron chi connectivity index (χ0n) is 19.7. The predicted octanol–water partition coefficient (Wildman–Crippen LogP) is 5.51. The van der Waals surface area contributed by atoms with Gasteiger partial charge in [0, 0.05) is 6.61 Å². The Morgan fingerprint density at radius 1 is 0.548 bits per heavy atom. The van der Waals surface area contributed by atoms with Gasteiger partial charge in [0.25, 0.3) is 0 Å². The largest absolute Gasteiger partial charge is 0.466 e. The van der Waals surface area contributed by atoms with Crippen LogP contribution < -0.4 is 0 Å². The minimum absolute atomic E-state index is 0.0918. The first-order chi connectivity index (χ1) is 14.6. The molecule has 0 spiro atoms. The number of sulfone groups is 1. The minimum atomic E-state index is -4.64. The summed E-state index contributed by atoms with van der Waals surface area (Å²) in [5.74, 6) is 0.573. The molecule has 0 bridgehead atoms. The molecule has 4 N–H and O–H groups in total. The Bertz CT molecular complexity index is 498. The van der Waals surface area contributed by atoms with E-state index in [0.29, 0.717) is 18.6 Å². The average molecular weight is 489 g/mol. The van der Waals surface area contributed by atoms with E-state index < -0.39 is 17.7 Å². The molecule has 9 heteroatoms. The van der Waals surface area contributed by atoms with E-state index in [1.165, 1.54) is 89.9 Å². The molecule has 0 aromatic carbocycles. The molecule has 0 aliphatic rings. The lowest BCUT2D eigenvalue weighted by molar-refractivity contribution is 0.275. The van der Waals surface area contributed by atoms with E-state index in [4.69, 9.17) is 24.4 Å². The maximum Gasteiger partial charge on any atom is 0.466 e. The fourth-order valence-electron chi connectivity index (χ4n) is 3.41. The van der Waals surface area contributed by atoms with Gasteiger partial charge in [-0.1, -0.05) is 103 Å². The van der Waals surface area contributed by atoms with Crippen LogP contribution in [-0.4, -0.2) is 46.3 Å². The van der Waals surface area contributed by atoms with Crippen molar-refractivity contribution < 1.29 is 32.8 Å². The van der Waals surface area contributed by atoms with Crippen LogP contribution in [0.3, 0.4) is 0 Å². The molecule has 0 saturated carbocycles. The molecule has 0 heterocycles. The first-order valence-corrected chi connectivity index (χ1v) is 15.6. The second kappa shape index (κ2) is 23.2. The van der Waals surface area contributed by atoms with E-state index in [9.17, 15) is 8.42 Å². The number of unbranched alkanes of at least 4 members (excludes halogenated alkanes) is 16. The van der Waals surface area contributed by atoms with Crippen molar-refractivity contribution in [3.05, 3.63) is 0 Å². The number of rotatable bonds is 21. The maximum atomic E-state index is 11.8. The van der Waals surface area contributed by atoms with Crippen molar-refractivity contribution in [2.75, 3.05) is 18.1 Å². The third kappa shape index (κ3) is 37.7. The number of phosphoric acid groups is 1. The third-order valence-electron chi connectivity index (χ3n) is 5.17. The van der Waals surface area contributed by atoms with Gasteiger partial charge in [-0.3, -0.25) is 0 Å². The quantitative estimate of drug-likeness (QED) is 0.124. The summed E-state index contributed by atoms with van der Waals surface area (Å²) in [5, 5.41) is 8.69. The first-order valence-electron chi connectivity index (χ1n) is 12.2. The molecule has 0 aliphatic carbocycles. The highest BCUT2D eigenvalue weighted by Gasteiger charge is 2.09. The minimum Gasteiger partial charge on any atom is -0.396 e. The van der Waals surface area contributed by atoms with Crippen LogP contribution in [0.15, 0.2) is 0 Å². The van der Waals surface area contributed by atoms with Gasteiger partial charge in [-0.2, -0.15) is 0 Å². The average Bonchev–Trinajstić information content (AvgIpc) is 2.66. The Labute approximate surface area is 191 Å². The van der Waals surface area contributed by atoms with E-state index in [0.717, 1.165) is 12.8 Å². The summed E-state index contributed by atoms with van der Waals surface area (Å²) in [5.41, 5.74) is 0. The third-order valence-corrected chi connectivity index (χ3v) is 6.99. The standard InChI is InChI=1S/C22H46O3S.H3O4P/c1-2-3-4-5-6-7-8-9-10-11-12-13-14-15-16-18-21-26(24,25)22-19-17-20-23;1-5(2,3)4/h23H,2-22H2,1H3;(H3,1,2,3,4). The molecular formula is C22H49O7PS. The van der Waals surface area contributed by atoms with Crippen molar-refractivity contribution in [2.45, 2.75) is 122 Å². The lowest BCUT2D eigenvalue weighted by Gasteiger charge is -2.05. The van der Waals surface area contributed by atoms with Gasteiger partial charge >= 0.3 is 7.82 Å². The molecule has 0 saturated heterocycles. The van der Waals surface area contributed by atoms with E-state index in [-0.39, 0.29) is 12.4 Å². The van der Waals surface area contributed by atoms with Gasteiger partial charge in [0.1, 0.15) is 9.84 Å². The second-order valence-electron chi connectivity index (χ2n) is 8.40. The molecule has 0 rings (SSSR count).